The summed E-state index contributed by atoms with van der Waals surface area (Å²) in [5, 5.41) is 2.48. The minimum absolute atomic E-state index is 0.611. The zero-order chi connectivity index (χ0) is 13.1. The highest BCUT2D eigenvalue weighted by atomic mass is 16.5. The van der Waals surface area contributed by atoms with Crippen LogP contribution in [-0.4, -0.2) is 0 Å². The van der Waals surface area contributed by atoms with Crippen molar-refractivity contribution in [1.82, 2.24) is 0 Å². The Hall–Kier alpha value is -2.28. The van der Waals surface area contributed by atoms with E-state index >= 15 is 0 Å². The van der Waals surface area contributed by atoms with Gasteiger partial charge in [0.2, 0.25) is 0 Å². The summed E-state index contributed by atoms with van der Waals surface area (Å²) in [6.45, 7) is 2.70. The Balaban J connectivity index is 1.86. The van der Waals surface area contributed by atoms with Crippen molar-refractivity contribution in [3.05, 3.63) is 77.9 Å². The summed E-state index contributed by atoms with van der Waals surface area (Å²) < 4.78 is 5.93. The van der Waals surface area contributed by atoms with Crippen LogP contribution in [0, 0.1) is 6.92 Å². The first-order chi connectivity index (χ1) is 9.33. The molecular formula is C18H16O. The van der Waals surface area contributed by atoms with E-state index in [0.717, 1.165) is 5.75 Å². The SMILES string of the molecule is Cc1cc2ccccc2cc1OCc1ccccc1. The summed E-state index contributed by atoms with van der Waals surface area (Å²) in [7, 11) is 0. The molecule has 0 atom stereocenters. The Kier molecular flexibility index (Phi) is 3.20. The zero-order valence-electron chi connectivity index (χ0n) is 11.0. The standard InChI is InChI=1S/C18H16O/c1-14-11-16-9-5-6-10-17(16)12-18(14)19-13-15-7-3-2-4-8-15/h2-12H,13H2,1H3. The maximum absolute atomic E-state index is 5.93. The third-order valence-corrected chi connectivity index (χ3v) is 3.28. The number of fused-ring (bicyclic) bond motifs is 1. The number of ether oxygens (including phenoxy) is 1. The summed E-state index contributed by atoms with van der Waals surface area (Å²) in [4.78, 5) is 0. The van der Waals surface area contributed by atoms with E-state index < -0.39 is 0 Å². The highest BCUT2D eigenvalue weighted by molar-refractivity contribution is 5.84. The van der Waals surface area contributed by atoms with Crippen LogP contribution >= 0.6 is 0 Å². The molecule has 0 spiro atoms. The van der Waals surface area contributed by atoms with Gasteiger partial charge in [0.1, 0.15) is 12.4 Å². The topological polar surface area (TPSA) is 9.23 Å². The van der Waals surface area contributed by atoms with E-state index in [-0.39, 0.29) is 0 Å². The van der Waals surface area contributed by atoms with Crippen molar-refractivity contribution < 1.29 is 4.74 Å². The first-order valence-corrected chi connectivity index (χ1v) is 6.49. The minimum Gasteiger partial charge on any atom is -0.489 e. The van der Waals surface area contributed by atoms with Crippen LogP contribution in [0.4, 0.5) is 0 Å². The minimum atomic E-state index is 0.611. The molecule has 0 aliphatic rings. The molecule has 0 N–H and O–H groups in total. The molecule has 1 nitrogen and oxygen atoms in total. The van der Waals surface area contributed by atoms with Crippen LogP contribution in [0.1, 0.15) is 11.1 Å². The van der Waals surface area contributed by atoms with Crippen molar-refractivity contribution in [2.75, 3.05) is 0 Å². The Bertz CT molecular complexity index is 686. The van der Waals surface area contributed by atoms with Crippen molar-refractivity contribution in [1.29, 1.82) is 0 Å². The van der Waals surface area contributed by atoms with E-state index in [1.165, 1.54) is 21.9 Å². The average Bonchev–Trinajstić information content (AvgIpc) is 2.46. The largest absolute Gasteiger partial charge is 0.489 e. The van der Waals surface area contributed by atoms with Gasteiger partial charge in [-0.15, -0.1) is 0 Å². The maximum Gasteiger partial charge on any atom is 0.123 e. The number of hydrogen-bond acceptors (Lipinski definition) is 1. The summed E-state index contributed by atoms with van der Waals surface area (Å²) in [6.07, 6.45) is 0. The number of hydrogen-bond donors (Lipinski definition) is 0. The fourth-order valence-electron chi connectivity index (χ4n) is 2.22. The van der Waals surface area contributed by atoms with Gasteiger partial charge in [-0.25, -0.2) is 0 Å². The van der Waals surface area contributed by atoms with E-state index in [4.69, 9.17) is 4.74 Å². The molecule has 0 saturated heterocycles. The van der Waals surface area contributed by atoms with Crippen LogP contribution in [0.25, 0.3) is 10.8 Å². The van der Waals surface area contributed by atoms with Crippen molar-refractivity contribution in [3.8, 4) is 5.75 Å². The first-order valence-electron chi connectivity index (χ1n) is 6.49. The molecule has 3 aromatic rings. The number of rotatable bonds is 3. The predicted molar refractivity (Wildman–Crippen MR) is 79.5 cm³/mol. The second-order valence-electron chi connectivity index (χ2n) is 4.74. The molecule has 1 heteroatoms. The van der Waals surface area contributed by atoms with Crippen LogP contribution in [0.15, 0.2) is 66.7 Å². The molecular weight excluding hydrogens is 232 g/mol. The fraction of sp³-hybridized carbons (Fsp3) is 0.111. The van der Waals surface area contributed by atoms with Gasteiger partial charge in [-0.05, 0) is 41.0 Å². The van der Waals surface area contributed by atoms with Crippen molar-refractivity contribution in [2.24, 2.45) is 0 Å². The van der Waals surface area contributed by atoms with Gasteiger partial charge in [-0.2, -0.15) is 0 Å². The Morgan fingerprint density at radius 2 is 1.42 bits per heavy atom. The predicted octanol–water partition coefficient (Wildman–Crippen LogP) is 4.73. The van der Waals surface area contributed by atoms with Gasteiger partial charge < -0.3 is 4.74 Å². The summed E-state index contributed by atoms with van der Waals surface area (Å²) in [5.74, 6) is 0.961. The van der Waals surface area contributed by atoms with Crippen molar-refractivity contribution in [2.45, 2.75) is 13.5 Å². The van der Waals surface area contributed by atoms with Crippen LogP contribution in [-0.2, 0) is 6.61 Å². The van der Waals surface area contributed by atoms with Crippen LogP contribution in [0.3, 0.4) is 0 Å². The molecule has 0 bridgehead atoms. The molecule has 0 saturated carbocycles. The molecule has 0 unspecified atom stereocenters. The fourth-order valence-corrected chi connectivity index (χ4v) is 2.22. The third-order valence-electron chi connectivity index (χ3n) is 3.28. The van der Waals surface area contributed by atoms with Gasteiger partial charge in [0.25, 0.3) is 0 Å². The third kappa shape index (κ3) is 2.60. The Labute approximate surface area is 113 Å². The van der Waals surface area contributed by atoms with Gasteiger partial charge in [0.15, 0.2) is 0 Å². The van der Waals surface area contributed by atoms with Crippen molar-refractivity contribution >= 4 is 10.8 Å². The molecule has 3 aromatic carbocycles. The second kappa shape index (κ2) is 5.15. The lowest BCUT2D eigenvalue weighted by Crippen LogP contribution is -1.96. The number of aryl methyl sites for hydroxylation is 1. The molecule has 0 aliphatic heterocycles. The van der Waals surface area contributed by atoms with Crippen molar-refractivity contribution in [3.63, 3.8) is 0 Å². The molecule has 0 aliphatic carbocycles. The van der Waals surface area contributed by atoms with Crippen LogP contribution < -0.4 is 4.74 Å². The van der Waals surface area contributed by atoms with Crippen LogP contribution in [0.5, 0.6) is 5.75 Å². The highest BCUT2D eigenvalue weighted by Gasteiger charge is 2.02. The highest BCUT2D eigenvalue weighted by Crippen LogP contribution is 2.26. The lowest BCUT2D eigenvalue weighted by atomic mass is 10.1. The van der Waals surface area contributed by atoms with Gasteiger partial charge in [-0.1, -0.05) is 54.6 Å². The Morgan fingerprint density at radius 3 is 2.16 bits per heavy atom. The second-order valence-corrected chi connectivity index (χ2v) is 4.74. The summed E-state index contributed by atoms with van der Waals surface area (Å²) >= 11 is 0. The molecule has 3 rings (SSSR count). The summed E-state index contributed by atoms with van der Waals surface area (Å²) in [5.41, 5.74) is 2.37. The lowest BCUT2D eigenvalue weighted by Gasteiger charge is -2.10. The normalized spacial score (nSPS) is 10.6. The molecule has 0 amide bonds. The van der Waals surface area contributed by atoms with Gasteiger partial charge >= 0.3 is 0 Å². The van der Waals surface area contributed by atoms with E-state index in [9.17, 15) is 0 Å². The summed E-state index contributed by atoms with van der Waals surface area (Å²) in [6, 6.07) is 22.9. The smallest absolute Gasteiger partial charge is 0.123 e. The van der Waals surface area contributed by atoms with E-state index in [2.05, 4.69) is 55.5 Å². The quantitative estimate of drug-likeness (QED) is 0.651. The Morgan fingerprint density at radius 1 is 0.789 bits per heavy atom. The van der Waals surface area contributed by atoms with Gasteiger partial charge in [0.05, 0.1) is 0 Å². The van der Waals surface area contributed by atoms with Gasteiger partial charge in [-0.3, -0.25) is 0 Å². The number of benzene rings is 3. The van der Waals surface area contributed by atoms with Gasteiger partial charge in [0, 0.05) is 0 Å². The molecule has 0 radical (unpaired) electrons. The van der Waals surface area contributed by atoms with Crippen LogP contribution in [0.2, 0.25) is 0 Å². The monoisotopic (exact) mass is 248 g/mol. The van der Waals surface area contributed by atoms with E-state index in [1.54, 1.807) is 0 Å². The molecule has 94 valence electrons. The first kappa shape index (κ1) is 11.8. The molecule has 0 fully saturated rings. The van der Waals surface area contributed by atoms with E-state index in [1.807, 2.05) is 18.2 Å². The zero-order valence-corrected chi connectivity index (χ0v) is 11.0. The molecule has 0 aromatic heterocycles. The maximum atomic E-state index is 5.93. The average molecular weight is 248 g/mol. The lowest BCUT2D eigenvalue weighted by molar-refractivity contribution is 0.304. The van der Waals surface area contributed by atoms with E-state index in [0.29, 0.717) is 6.61 Å². The molecule has 0 heterocycles. The molecule has 19 heavy (non-hydrogen) atoms.